The van der Waals surface area contributed by atoms with Gasteiger partial charge in [-0.25, -0.2) is 9.97 Å². The number of hydrogen-bond acceptors (Lipinski definition) is 7. The summed E-state index contributed by atoms with van der Waals surface area (Å²) in [7, 11) is 3.82. The third-order valence-corrected chi connectivity index (χ3v) is 5.00. The predicted molar refractivity (Wildman–Crippen MR) is 106 cm³/mol. The molecule has 0 atom stereocenters. The second-order valence-electron chi connectivity index (χ2n) is 7.06. The van der Waals surface area contributed by atoms with Gasteiger partial charge in [0.1, 0.15) is 17.0 Å². The van der Waals surface area contributed by atoms with Gasteiger partial charge in [0.15, 0.2) is 0 Å². The molecule has 4 heterocycles. The molecule has 0 amide bonds. The highest BCUT2D eigenvalue weighted by atomic mass is 15.4. The molecule has 0 bridgehead atoms. The van der Waals surface area contributed by atoms with Crippen molar-refractivity contribution in [2.75, 3.05) is 27.2 Å². The van der Waals surface area contributed by atoms with E-state index < -0.39 is 0 Å². The Morgan fingerprint density at radius 2 is 2.29 bits per heavy atom. The van der Waals surface area contributed by atoms with Crippen LogP contribution in [0.2, 0.25) is 0 Å². The van der Waals surface area contributed by atoms with E-state index in [9.17, 15) is 5.26 Å². The van der Waals surface area contributed by atoms with Crippen LogP contribution < -0.4 is 5.32 Å². The molecule has 1 aliphatic rings. The molecule has 0 unspecified atom stereocenters. The van der Waals surface area contributed by atoms with E-state index in [2.05, 4.69) is 26.4 Å². The Morgan fingerprint density at radius 3 is 2.96 bits per heavy atom. The van der Waals surface area contributed by atoms with E-state index in [-0.39, 0.29) is 5.54 Å². The predicted octanol–water partition coefficient (Wildman–Crippen LogP) is 1.36. The molecular weight excluding hydrogens is 354 g/mol. The van der Waals surface area contributed by atoms with Crippen LogP contribution in [0.15, 0.2) is 37.1 Å². The van der Waals surface area contributed by atoms with E-state index in [4.69, 9.17) is 10.4 Å². The van der Waals surface area contributed by atoms with Crippen molar-refractivity contribution in [3.63, 3.8) is 0 Å². The van der Waals surface area contributed by atoms with Gasteiger partial charge in [-0.2, -0.15) is 10.4 Å². The molecule has 0 aromatic carbocycles. The molecule has 142 valence electrons. The number of fused-ring (bicyclic) bond motifs is 1. The molecule has 28 heavy (non-hydrogen) atoms. The second-order valence-corrected chi connectivity index (χ2v) is 7.06. The molecule has 1 fully saturated rings. The summed E-state index contributed by atoms with van der Waals surface area (Å²) in [5.74, 6) is 0.694. The zero-order chi connectivity index (χ0) is 19.7. The molecule has 9 heteroatoms. The summed E-state index contributed by atoms with van der Waals surface area (Å²) in [5, 5.41) is 24.4. The SMILES string of the molecule is CN/C=C(\C=N)c1cc2nccn2c(-c2cnn(C3(CC#N)CN(C)C3)c2)n1. The van der Waals surface area contributed by atoms with Crippen LogP contribution in [-0.2, 0) is 5.54 Å². The van der Waals surface area contributed by atoms with Crippen LogP contribution in [0.25, 0.3) is 22.6 Å². The lowest BCUT2D eigenvalue weighted by Gasteiger charge is -2.47. The molecule has 0 aliphatic carbocycles. The van der Waals surface area contributed by atoms with Crippen molar-refractivity contribution in [1.29, 1.82) is 10.7 Å². The molecule has 3 aromatic heterocycles. The van der Waals surface area contributed by atoms with Crippen LogP contribution in [0.5, 0.6) is 0 Å². The standard InChI is InChI=1S/C19H21N9/c1-22-9-14(8-21)16-7-17-23-5-6-27(17)18(25-16)15-10-24-28(11-15)19(3-4-20)12-26(2)13-19/h5-11,21-22H,3,12-13H2,1-2H3/b14-9+,21-8?. The van der Waals surface area contributed by atoms with Crippen LogP contribution in [0.3, 0.4) is 0 Å². The quantitative estimate of drug-likeness (QED) is 0.629. The summed E-state index contributed by atoms with van der Waals surface area (Å²) in [6, 6.07) is 4.14. The molecule has 9 nitrogen and oxygen atoms in total. The van der Waals surface area contributed by atoms with Gasteiger partial charge in [-0.15, -0.1) is 0 Å². The molecule has 0 spiro atoms. The van der Waals surface area contributed by atoms with E-state index in [1.807, 2.05) is 34.6 Å². The fourth-order valence-corrected chi connectivity index (χ4v) is 3.76. The van der Waals surface area contributed by atoms with E-state index in [1.54, 1.807) is 25.6 Å². The lowest BCUT2D eigenvalue weighted by Crippen LogP contribution is -2.61. The summed E-state index contributed by atoms with van der Waals surface area (Å²) in [4.78, 5) is 11.3. The molecule has 1 saturated heterocycles. The first kappa shape index (κ1) is 17.9. The van der Waals surface area contributed by atoms with Crippen molar-refractivity contribution in [2.24, 2.45) is 0 Å². The average molecular weight is 375 g/mol. The van der Waals surface area contributed by atoms with E-state index >= 15 is 0 Å². The Labute approximate surface area is 162 Å². The first-order chi connectivity index (χ1) is 13.6. The minimum absolute atomic E-state index is 0.292. The van der Waals surface area contributed by atoms with Crippen molar-refractivity contribution < 1.29 is 0 Å². The number of hydrogen-bond donors (Lipinski definition) is 2. The van der Waals surface area contributed by atoms with Crippen LogP contribution >= 0.6 is 0 Å². The largest absolute Gasteiger partial charge is 0.393 e. The number of likely N-dealkylation sites (tertiary alicyclic amines) is 1. The average Bonchev–Trinajstić information content (AvgIpc) is 3.33. The van der Waals surface area contributed by atoms with E-state index in [0.717, 1.165) is 24.3 Å². The summed E-state index contributed by atoms with van der Waals surface area (Å²) in [6.45, 7) is 1.58. The van der Waals surface area contributed by atoms with Crippen LogP contribution in [0.4, 0.5) is 0 Å². The molecule has 0 radical (unpaired) electrons. The maximum absolute atomic E-state index is 9.26. The highest BCUT2D eigenvalue weighted by Crippen LogP contribution is 2.32. The summed E-state index contributed by atoms with van der Waals surface area (Å²) < 4.78 is 3.79. The first-order valence-corrected chi connectivity index (χ1v) is 8.93. The fraction of sp³-hybridized carbons (Fsp3) is 0.316. The minimum atomic E-state index is -0.292. The van der Waals surface area contributed by atoms with Gasteiger partial charge in [0, 0.05) is 62.8 Å². The maximum atomic E-state index is 9.26. The number of aromatic nitrogens is 5. The van der Waals surface area contributed by atoms with E-state index in [1.165, 1.54) is 6.21 Å². The summed E-state index contributed by atoms with van der Waals surface area (Å²) in [5.41, 5.74) is 2.60. The van der Waals surface area contributed by atoms with Crippen LogP contribution in [0.1, 0.15) is 12.1 Å². The lowest BCUT2D eigenvalue weighted by molar-refractivity contribution is 0.0265. The third kappa shape index (κ3) is 2.84. The normalized spacial score (nSPS) is 16.5. The number of nitrogens with one attached hydrogen (secondary N) is 2. The van der Waals surface area contributed by atoms with Crippen molar-refractivity contribution in [3.8, 4) is 17.5 Å². The van der Waals surface area contributed by atoms with Gasteiger partial charge in [0.25, 0.3) is 0 Å². The van der Waals surface area contributed by atoms with Crippen LogP contribution in [0, 0.1) is 16.7 Å². The number of allylic oxidation sites excluding steroid dienone is 1. The third-order valence-electron chi connectivity index (χ3n) is 5.00. The second kappa shape index (κ2) is 6.90. The van der Waals surface area contributed by atoms with Crippen molar-refractivity contribution in [1.82, 2.24) is 34.4 Å². The number of likely N-dealkylation sites (N-methyl/N-ethyl adjacent to an activating group) is 1. The lowest BCUT2D eigenvalue weighted by atomic mass is 9.87. The number of nitrogens with zero attached hydrogens (tertiary/aromatic N) is 7. The first-order valence-electron chi connectivity index (χ1n) is 8.93. The van der Waals surface area contributed by atoms with Crippen molar-refractivity contribution in [2.45, 2.75) is 12.0 Å². The monoisotopic (exact) mass is 375 g/mol. The number of rotatable bonds is 6. The molecule has 0 saturated carbocycles. The highest BCUT2D eigenvalue weighted by molar-refractivity contribution is 6.07. The molecule has 4 rings (SSSR count). The Balaban J connectivity index is 1.81. The van der Waals surface area contributed by atoms with Crippen LogP contribution in [-0.4, -0.2) is 62.4 Å². The van der Waals surface area contributed by atoms with Gasteiger partial charge in [0.2, 0.25) is 0 Å². The minimum Gasteiger partial charge on any atom is -0.393 e. The van der Waals surface area contributed by atoms with Crippen molar-refractivity contribution >= 4 is 17.4 Å². The van der Waals surface area contributed by atoms with Gasteiger partial charge >= 0.3 is 0 Å². The van der Waals surface area contributed by atoms with Gasteiger partial charge in [-0.3, -0.25) is 9.08 Å². The Morgan fingerprint density at radius 1 is 1.46 bits per heavy atom. The zero-order valence-electron chi connectivity index (χ0n) is 15.8. The summed E-state index contributed by atoms with van der Waals surface area (Å²) in [6.07, 6.45) is 10.7. The molecule has 2 N–H and O–H groups in total. The van der Waals surface area contributed by atoms with E-state index in [0.29, 0.717) is 23.5 Å². The Bertz CT molecular complexity index is 1090. The topological polar surface area (TPSA) is 111 Å². The van der Waals surface area contributed by atoms with Gasteiger partial charge < -0.3 is 15.6 Å². The molecule has 1 aliphatic heterocycles. The summed E-state index contributed by atoms with van der Waals surface area (Å²) >= 11 is 0. The van der Waals surface area contributed by atoms with Gasteiger partial charge in [0.05, 0.1) is 29.9 Å². The number of nitriles is 1. The van der Waals surface area contributed by atoms with Crippen molar-refractivity contribution in [3.05, 3.63) is 42.7 Å². The number of imidazole rings is 1. The Kier molecular flexibility index (Phi) is 4.41. The Hall–Kier alpha value is -3.51. The zero-order valence-corrected chi connectivity index (χ0v) is 15.8. The molecule has 3 aromatic rings. The van der Waals surface area contributed by atoms with Gasteiger partial charge in [-0.1, -0.05) is 0 Å². The molecular formula is C19H21N9. The van der Waals surface area contributed by atoms with Gasteiger partial charge in [-0.05, 0) is 7.05 Å². The fourth-order valence-electron chi connectivity index (χ4n) is 3.76. The highest BCUT2D eigenvalue weighted by Gasteiger charge is 2.43. The maximum Gasteiger partial charge on any atom is 0.149 e. The smallest absolute Gasteiger partial charge is 0.149 e.